The van der Waals surface area contributed by atoms with Crippen molar-refractivity contribution in [3.8, 4) is 0 Å². The molecule has 4 saturated carbocycles. The van der Waals surface area contributed by atoms with Crippen LogP contribution in [-0.4, -0.2) is 11.6 Å². The molecule has 4 bridgehead atoms. The van der Waals surface area contributed by atoms with Crippen molar-refractivity contribution in [2.24, 2.45) is 28.3 Å². The first-order valence-electron chi connectivity index (χ1n) is 8.96. The van der Waals surface area contributed by atoms with Crippen LogP contribution in [0.2, 0.25) is 0 Å². The molecule has 23 heavy (non-hydrogen) atoms. The highest BCUT2D eigenvalue weighted by molar-refractivity contribution is 5.96. The molecule has 0 heterocycles. The van der Waals surface area contributed by atoms with Crippen molar-refractivity contribution in [1.82, 2.24) is 5.43 Å². The van der Waals surface area contributed by atoms with Gasteiger partial charge in [-0.05, 0) is 82.3 Å². The van der Waals surface area contributed by atoms with E-state index >= 15 is 0 Å². The fourth-order valence-corrected chi connectivity index (χ4v) is 5.58. The van der Waals surface area contributed by atoms with Gasteiger partial charge in [-0.25, -0.2) is 5.43 Å². The van der Waals surface area contributed by atoms with Gasteiger partial charge in [-0.2, -0.15) is 5.10 Å². The van der Waals surface area contributed by atoms with Crippen LogP contribution >= 0.6 is 0 Å². The van der Waals surface area contributed by atoms with E-state index < -0.39 is 0 Å². The second kappa shape index (κ2) is 5.47. The number of hydrazone groups is 1. The van der Waals surface area contributed by atoms with Gasteiger partial charge in [-0.15, -0.1) is 0 Å². The lowest BCUT2D eigenvalue weighted by atomic mass is 9.48. The molecule has 3 heteroatoms. The number of hydrogen-bond acceptors (Lipinski definition) is 2. The molecule has 0 spiro atoms. The van der Waals surface area contributed by atoms with Crippen molar-refractivity contribution in [1.29, 1.82) is 0 Å². The number of nitrogens with zero attached hydrogens (tertiary/aromatic N) is 1. The molecular weight excluding hydrogens is 284 g/mol. The van der Waals surface area contributed by atoms with E-state index in [4.69, 9.17) is 0 Å². The van der Waals surface area contributed by atoms with Crippen molar-refractivity contribution in [2.45, 2.75) is 52.4 Å². The van der Waals surface area contributed by atoms with Gasteiger partial charge in [-0.1, -0.05) is 17.7 Å². The summed E-state index contributed by atoms with van der Waals surface area (Å²) in [5.74, 6) is 2.60. The predicted octanol–water partition coefficient (Wildman–Crippen LogP) is 4.32. The van der Waals surface area contributed by atoms with E-state index in [9.17, 15) is 4.79 Å². The molecule has 4 aliphatic carbocycles. The molecule has 5 rings (SSSR count). The van der Waals surface area contributed by atoms with Gasteiger partial charge in [0, 0.05) is 16.7 Å². The fourth-order valence-electron chi connectivity index (χ4n) is 5.58. The fraction of sp³-hybridized carbons (Fsp3) is 0.600. The Kier molecular flexibility index (Phi) is 3.55. The Morgan fingerprint density at radius 1 is 1.04 bits per heavy atom. The number of hydrogen-bond donors (Lipinski definition) is 1. The third-order valence-corrected chi connectivity index (χ3v) is 6.44. The van der Waals surface area contributed by atoms with Crippen LogP contribution in [0, 0.1) is 30.1 Å². The topological polar surface area (TPSA) is 41.5 Å². The Morgan fingerprint density at radius 3 is 2.09 bits per heavy atom. The molecule has 4 fully saturated rings. The summed E-state index contributed by atoms with van der Waals surface area (Å²) in [5, 5.41) is 4.53. The lowest BCUT2D eigenvalue weighted by Crippen LogP contribution is -2.49. The van der Waals surface area contributed by atoms with Crippen molar-refractivity contribution in [3.63, 3.8) is 0 Å². The van der Waals surface area contributed by atoms with Crippen LogP contribution in [0.3, 0.4) is 0 Å². The highest BCUT2D eigenvalue weighted by atomic mass is 16.2. The first-order valence-corrected chi connectivity index (χ1v) is 8.96. The van der Waals surface area contributed by atoms with Gasteiger partial charge < -0.3 is 0 Å². The van der Waals surface area contributed by atoms with Crippen LogP contribution < -0.4 is 5.43 Å². The molecular formula is C20H26N2O. The summed E-state index contributed by atoms with van der Waals surface area (Å²) < 4.78 is 0. The molecule has 4 aliphatic rings. The number of carbonyl (C=O) groups is 1. The van der Waals surface area contributed by atoms with E-state index in [1.165, 1.54) is 38.5 Å². The van der Waals surface area contributed by atoms with Crippen molar-refractivity contribution >= 4 is 11.6 Å². The number of benzene rings is 1. The Morgan fingerprint density at radius 2 is 1.57 bits per heavy atom. The van der Waals surface area contributed by atoms with Crippen LogP contribution in [-0.2, 0) is 0 Å². The van der Waals surface area contributed by atoms with Crippen LogP contribution in [0.15, 0.2) is 29.4 Å². The van der Waals surface area contributed by atoms with Gasteiger partial charge in [0.1, 0.15) is 0 Å². The second-order valence-electron chi connectivity index (χ2n) is 8.20. The van der Waals surface area contributed by atoms with E-state index in [1.807, 2.05) is 31.2 Å². The molecule has 0 aromatic heterocycles. The highest BCUT2D eigenvalue weighted by Crippen LogP contribution is 2.60. The molecule has 1 aromatic carbocycles. The standard InChI is InChI=1S/C20H26N2O/c1-13-3-5-18(6-4-13)19(23)22-21-14(2)20-10-15-7-16(11-20)9-17(8-15)12-20/h3-6,15-17H,7-12H2,1-2H3,(H,22,23). The summed E-state index contributed by atoms with van der Waals surface area (Å²) >= 11 is 0. The van der Waals surface area contributed by atoms with E-state index in [0.29, 0.717) is 5.56 Å². The lowest BCUT2D eigenvalue weighted by Gasteiger charge is -2.56. The molecule has 0 radical (unpaired) electrons. The summed E-state index contributed by atoms with van der Waals surface area (Å²) in [4.78, 5) is 12.3. The van der Waals surface area contributed by atoms with Crippen molar-refractivity contribution < 1.29 is 4.79 Å². The first-order chi connectivity index (χ1) is 11.0. The zero-order valence-electron chi connectivity index (χ0n) is 14.1. The SMILES string of the molecule is CC(=NNC(=O)c1ccc(C)cc1)C12CC3CC(CC(C3)C1)C2. The minimum atomic E-state index is -0.103. The second-order valence-corrected chi connectivity index (χ2v) is 8.20. The van der Waals surface area contributed by atoms with Crippen LogP contribution in [0.1, 0.15) is 61.4 Å². The first kappa shape index (κ1) is 14.9. The lowest BCUT2D eigenvalue weighted by molar-refractivity contribution is -0.0128. The van der Waals surface area contributed by atoms with E-state index in [-0.39, 0.29) is 11.3 Å². The summed E-state index contributed by atoms with van der Waals surface area (Å²) in [6.07, 6.45) is 8.16. The molecule has 0 aliphatic heterocycles. The normalized spacial score (nSPS) is 35.4. The quantitative estimate of drug-likeness (QED) is 0.655. The minimum Gasteiger partial charge on any atom is -0.267 e. The maximum absolute atomic E-state index is 12.3. The number of aryl methyl sites for hydroxylation is 1. The van der Waals surface area contributed by atoms with Gasteiger partial charge in [0.2, 0.25) is 0 Å². The average molecular weight is 310 g/mol. The number of amides is 1. The molecule has 1 aromatic rings. The third kappa shape index (κ3) is 2.71. The molecule has 1 amide bonds. The maximum atomic E-state index is 12.3. The van der Waals surface area contributed by atoms with Gasteiger partial charge in [0.25, 0.3) is 5.91 Å². The van der Waals surface area contributed by atoms with E-state index in [1.54, 1.807) is 0 Å². The molecule has 122 valence electrons. The smallest absolute Gasteiger partial charge is 0.267 e. The van der Waals surface area contributed by atoms with Crippen LogP contribution in [0.5, 0.6) is 0 Å². The number of nitrogens with one attached hydrogen (secondary N) is 1. The summed E-state index contributed by atoms with van der Waals surface area (Å²) in [6.45, 7) is 4.15. The Balaban J connectivity index is 1.48. The number of rotatable bonds is 3. The molecule has 0 unspecified atom stereocenters. The van der Waals surface area contributed by atoms with Gasteiger partial charge in [0.05, 0.1) is 0 Å². The molecule has 3 nitrogen and oxygen atoms in total. The van der Waals surface area contributed by atoms with E-state index in [2.05, 4.69) is 17.5 Å². The molecule has 1 N–H and O–H groups in total. The van der Waals surface area contributed by atoms with Gasteiger partial charge in [0.15, 0.2) is 0 Å². The van der Waals surface area contributed by atoms with E-state index in [0.717, 1.165) is 29.0 Å². The zero-order valence-corrected chi connectivity index (χ0v) is 14.1. The summed E-state index contributed by atoms with van der Waals surface area (Å²) in [5.41, 5.74) is 6.06. The zero-order chi connectivity index (χ0) is 16.0. The largest absolute Gasteiger partial charge is 0.271 e. The number of carbonyl (C=O) groups excluding carboxylic acids is 1. The van der Waals surface area contributed by atoms with Crippen LogP contribution in [0.25, 0.3) is 0 Å². The third-order valence-electron chi connectivity index (χ3n) is 6.44. The summed E-state index contributed by atoms with van der Waals surface area (Å²) in [6, 6.07) is 7.65. The average Bonchev–Trinajstić information content (AvgIpc) is 2.51. The highest BCUT2D eigenvalue weighted by Gasteiger charge is 2.52. The van der Waals surface area contributed by atoms with Gasteiger partial charge >= 0.3 is 0 Å². The van der Waals surface area contributed by atoms with Crippen LogP contribution in [0.4, 0.5) is 0 Å². The molecule has 0 saturated heterocycles. The Labute approximate surface area is 138 Å². The summed E-state index contributed by atoms with van der Waals surface area (Å²) in [7, 11) is 0. The monoisotopic (exact) mass is 310 g/mol. The van der Waals surface area contributed by atoms with Crippen molar-refractivity contribution in [2.75, 3.05) is 0 Å². The van der Waals surface area contributed by atoms with Crippen molar-refractivity contribution in [3.05, 3.63) is 35.4 Å². The molecule has 0 atom stereocenters. The minimum absolute atomic E-state index is 0.103. The van der Waals surface area contributed by atoms with Gasteiger partial charge in [-0.3, -0.25) is 4.79 Å². The Hall–Kier alpha value is -1.64. The maximum Gasteiger partial charge on any atom is 0.271 e. The predicted molar refractivity (Wildman–Crippen MR) is 92.4 cm³/mol. The Bertz CT molecular complexity index is 609.